The Morgan fingerprint density at radius 3 is 2.51 bits per heavy atom. The lowest BCUT2D eigenvalue weighted by Gasteiger charge is -2.33. The van der Waals surface area contributed by atoms with Crippen molar-refractivity contribution in [1.29, 1.82) is 0 Å². The van der Waals surface area contributed by atoms with Gasteiger partial charge in [0.15, 0.2) is 17.1 Å². The maximum atomic E-state index is 12.8. The van der Waals surface area contributed by atoms with Crippen LogP contribution in [0, 0.1) is 12.8 Å². The quantitative estimate of drug-likeness (QED) is 0.205. The number of methoxy groups -OCH3 is 2. The number of hydrogen-bond donors (Lipinski definition) is 1. The standard InChI is InChI=1S/C34H37N7O6/c1-19-9-25(28(43-5)15-26(19)45-22-7-8-41-31(12-22)36-18-38-41)39-32-23-13-30(29(44-6)14-24(23)35-17-37-32)46-27-11-21-10-20(27)16-40(21)33(42)47-34(2,3)4/h7-9,12-15,17-18,20-21,27H,10-11,16H2,1-6H3,(H,35,37,39). The number of likely N-dealkylation sites (tertiary alicyclic amines) is 1. The lowest BCUT2D eigenvalue weighted by atomic mass is 10.1. The van der Waals surface area contributed by atoms with Gasteiger partial charge >= 0.3 is 6.09 Å². The first-order chi connectivity index (χ1) is 22.6. The van der Waals surface area contributed by atoms with Crippen molar-refractivity contribution < 1.29 is 28.5 Å². The molecule has 3 atom stereocenters. The smallest absolute Gasteiger partial charge is 0.410 e. The van der Waals surface area contributed by atoms with Crippen molar-refractivity contribution in [2.75, 3.05) is 26.1 Å². The second-order valence-corrected chi connectivity index (χ2v) is 12.9. The number of fused-ring (bicyclic) bond motifs is 4. The zero-order chi connectivity index (χ0) is 32.9. The molecule has 1 aliphatic heterocycles. The summed E-state index contributed by atoms with van der Waals surface area (Å²) >= 11 is 0. The highest BCUT2D eigenvalue weighted by atomic mass is 16.6. The van der Waals surface area contributed by atoms with Gasteiger partial charge in [0.05, 0.1) is 25.4 Å². The first-order valence-electron chi connectivity index (χ1n) is 15.5. The molecule has 4 heterocycles. The van der Waals surface area contributed by atoms with E-state index in [0.29, 0.717) is 58.0 Å². The average Bonchev–Trinajstić information content (AvgIpc) is 3.78. The monoisotopic (exact) mass is 639 g/mol. The second-order valence-electron chi connectivity index (χ2n) is 12.9. The van der Waals surface area contributed by atoms with Gasteiger partial charge in [-0.15, -0.1) is 0 Å². The van der Waals surface area contributed by atoms with Crippen molar-refractivity contribution >= 4 is 34.1 Å². The SMILES string of the molecule is COc1cc(Oc2ccn3ncnc3c2)c(C)cc1Nc1ncnc2cc(OC)c(OC3CC4CC3CN4C(=O)OC(C)(C)C)cc12. The Hall–Kier alpha value is -5.33. The molecule has 3 aromatic heterocycles. The van der Waals surface area contributed by atoms with E-state index in [0.717, 1.165) is 23.8 Å². The van der Waals surface area contributed by atoms with Crippen LogP contribution in [0.25, 0.3) is 16.6 Å². The van der Waals surface area contributed by atoms with E-state index in [2.05, 4.69) is 25.4 Å². The molecule has 2 aliphatic rings. The number of carbonyl (C=O) groups is 1. The molecule has 1 aliphatic carbocycles. The molecular weight excluding hydrogens is 602 g/mol. The number of rotatable bonds is 8. The first kappa shape index (κ1) is 30.3. The Morgan fingerprint density at radius 1 is 0.936 bits per heavy atom. The number of hydrogen-bond acceptors (Lipinski definition) is 11. The van der Waals surface area contributed by atoms with Gasteiger partial charge in [-0.25, -0.2) is 24.3 Å². The van der Waals surface area contributed by atoms with E-state index >= 15 is 0 Å². The van der Waals surface area contributed by atoms with E-state index in [9.17, 15) is 4.79 Å². The number of amides is 1. The van der Waals surface area contributed by atoms with Gasteiger partial charge in [-0.05, 0) is 57.9 Å². The molecule has 5 aromatic rings. The number of piperidine rings is 1. The molecule has 13 heteroatoms. The van der Waals surface area contributed by atoms with Crippen LogP contribution in [-0.2, 0) is 4.74 Å². The van der Waals surface area contributed by atoms with E-state index < -0.39 is 5.60 Å². The third kappa shape index (κ3) is 6.00. The van der Waals surface area contributed by atoms with E-state index in [1.807, 2.05) is 69.0 Å². The number of aromatic nitrogens is 5. The van der Waals surface area contributed by atoms with Gasteiger partial charge in [-0.1, -0.05) is 0 Å². The van der Waals surface area contributed by atoms with Crippen molar-refractivity contribution in [3.05, 3.63) is 60.8 Å². The van der Waals surface area contributed by atoms with E-state index in [-0.39, 0.29) is 24.2 Å². The number of carbonyl (C=O) groups excluding carboxylic acids is 1. The number of pyridine rings is 1. The summed E-state index contributed by atoms with van der Waals surface area (Å²) in [5.41, 5.74) is 2.43. The van der Waals surface area contributed by atoms with Gasteiger partial charge in [-0.2, -0.15) is 5.10 Å². The Balaban J connectivity index is 1.12. The fraction of sp³-hybridized carbons (Fsp3) is 0.382. The Morgan fingerprint density at radius 2 is 1.77 bits per heavy atom. The van der Waals surface area contributed by atoms with Crippen LogP contribution in [-0.4, -0.2) is 74.1 Å². The fourth-order valence-electron chi connectivity index (χ4n) is 6.33. The van der Waals surface area contributed by atoms with Gasteiger partial charge in [0.1, 0.15) is 47.4 Å². The van der Waals surface area contributed by atoms with Crippen LogP contribution in [0.2, 0.25) is 0 Å². The van der Waals surface area contributed by atoms with Gasteiger partial charge in [0, 0.05) is 54.7 Å². The predicted molar refractivity (Wildman–Crippen MR) is 174 cm³/mol. The predicted octanol–water partition coefficient (Wildman–Crippen LogP) is 6.31. The van der Waals surface area contributed by atoms with Crippen LogP contribution in [0.4, 0.5) is 16.3 Å². The normalized spacial score (nSPS) is 18.9. The summed E-state index contributed by atoms with van der Waals surface area (Å²) in [5, 5.41) is 8.32. The topological polar surface area (TPSA) is 134 Å². The highest BCUT2D eigenvalue weighted by molar-refractivity contribution is 5.93. The average molecular weight is 640 g/mol. The molecule has 1 amide bonds. The molecule has 2 fully saturated rings. The summed E-state index contributed by atoms with van der Waals surface area (Å²) in [6.45, 7) is 8.21. The Kier molecular flexibility index (Phi) is 7.61. The number of aryl methyl sites for hydroxylation is 1. The summed E-state index contributed by atoms with van der Waals surface area (Å²) in [6, 6.07) is 11.3. The highest BCUT2D eigenvalue weighted by Crippen LogP contribution is 2.44. The number of anilines is 2. The summed E-state index contributed by atoms with van der Waals surface area (Å²) < 4.78 is 31.6. The maximum absolute atomic E-state index is 12.8. The van der Waals surface area contributed by atoms with E-state index in [4.69, 9.17) is 23.7 Å². The summed E-state index contributed by atoms with van der Waals surface area (Å²) in [4.78, 5) is 27.9. The molecule has 7 rings (SSSR count). The number of nitrogens with one attached hydrogen (secondary N) is 1. The van der Waals surface area contributed by atoms with Crippen molar-refractivity contribution in [2.45, 2.75) is 58.3 Å². The van der Waals surface area contributed by atoms with Crippen LogP contribution < -0.4 is 24.3 Å². The lowest BCUT2D eigenvalue weighted by molar-refractivity contribution is 0.0103. The zero-order valence-electron chi connectivity index (χ0n) is 27.2. The van der Waals surface area contributed by atoms with Gasteiger partial charge in [0.2, 0.25) is 0 Å². The molecular formula is C34H37N7O6. The number of nitrogens with zero attached hydrogens (tertiary/aromatic N) is 6. The van der Waals surface area contributed by atoms with Gasteiger partial charge in [-0.3, -0.25) is 0 Å². The fourth-order valence-corrected chi connectivity index (χ4v) is 6.33. The molecule has 13 nitrogen and oxygen atoms in total. The zero-order valence-corrected chi connectivity index (χ0v) is 27.2. The van der Waals surface area contributed by atoms with Crippen molar-refractivity contribution in [3.63, 3.8) is 0 Å². The minimum absolute atomic E-state index is 0.0631. The minimum Gasteiger partial charge on any atom is -0.494 e. The first-order valence-corrected chi connectivity index (χ1v) is 15.5. The van der Waals surface area contributed by atoms with Crippen LogP contribution in [0.5, 0.6) is 28.7 Å². The lowest BCUT2D eigenvalue weighted by Crippen LogP contribution is -2.45. The molecule has 2 bridgehead atoms. The van der Waals surface area contributed by atoms with E-state index in [1.54, 1.807) is 24.9 Å². The third-order valence-corrected chi connectivity index (χ3v) is 8.53. The summed E-state index contributed by atoms with van der Waals surface area (Å²) in [5.74, 6) is 3.79. The molecule has 1 saturated heterocycles. The van der Waals surface area contributed by atoms with Gasteiger partial charge in [0.25, 0.3) is 0 Å². The van der Waals surface area contributed by atoms with Crippen LogP contribution in [0.1, 0.15) is 39.2 Å². The Labute approximate surface area is 271 Å². The van der Waals surface area contributed by atoms with Crippen molar-refractivity contribution in [3.8, 4) is 28.7 Å². The molecule has 47 heavy (non-hydrogen) atoms. The highest BCUT2D eigenvalue weighted by Gasteiger charge is 2.49. The summed E-state index contributed by atoms with van der Waals surface area (Å²) in [7, 11) is 3.22. The van der Waals surface area contributed by atoms with Crippen molar-refractivity contribution in [1.82, 2.24) is 29.5 Å². The van der Waals surface area contributed by atoms with Crippen LogP contribution in [0.3, 0.4) is 0 Å². The molecule has 244 valence electrons. The van der Waals surface area contributed by atoms with E-state index in [1.165, 1.54) is 12.7 Å². The maximum Gasteiger partial charge on any atom is 0.410 e. The molecule has 1 N–H and O–H groups in total. The molecule has 1 saturated carbocycles. The van der Waals surface area contributed by atoms with Crippen LogP contribution in [0.15, 0.2) is 55.2 Å². The largest absolute Gasteiger partial charge is 0.494 e. The van der Waals surface area contributed by atoms with Crippen molar-refractivity contribution in [2.24, 2.45) is 5.92 Å². The molecule has 2 aromatic carbocycles. The molecule has 0 radical (unpaired) electrons. The number of ether oxygens (including phenoxy) is 5. The van der Waals surface area contributed by atoms with Gasteiger partial charge < -0.3 is 33.9 Å². The summed E-state index contributed by atoms with van der Waals surface area (Å²) in [6.07, 6.45) is 6.07. The second kappa shape index (κ2) is 11.8. The Bertz CT molecular complexity index is 1970. The number of benzene rings is 2. The third-order valence-electron chi connectivity index (χ3n) is 8.53. The molecule has 3 unspecified atom stereocenters. The minimum atomic E-state index is -0.534. The van der Waals surface area contributed by atoms with Crippen LogP contribution >= 0.6 is 0 Å². The molecule has 0 spiro atoms.